The number of fused-ring (bicyclic) bond motifs is 1. The summed E-state index contributed by atoms with van der Waals surface area (Å²) in [4.78, 5) is 7.05. The first-order chi connectivity index (χ1) is 10.2. The fourth-order valence-electron chi connectivity index (χ4n) is 3.38. The molecular formula is C15H26N4O2. The second-order valence-corrected chi connectivity index (χ2v) is 6.67. The predicted octanol–water partition coefficient (Wildman–Crippen LogP) is 1.69. The summed E-state index contributed by atoms with van der Waals surface area (Å²) < 4.78 is 11.4. The maximum absolute atomic E-state index is 5.93. The average molecular weight is 294 g/mol. The summed E-state index contributed by atoms with van der Waals surface area (Å²) in [5, 5.41) is 4.14. The quantitative estimate of drug-likeness (QED) is 0.890. The van der Waals surface area contributed by atoms with Crippen LogP contribution in [-0.2, 0) is 4.74 Å². The van der Waals surface area contributed by atoms with Gasteiger partial charge in [-0.2, -0.15) is 4.98 Å². The highest BCUT2D eigenvalue weighted by Gasteiger charge is 2.35. The van der Waals surface area contributed by atoms with E-state index in [0.29, 0.717) is 30.2 Å². The maximum atomic E-state index is 5.93. The minimum absolute atomic E-state index is 0.0608. The fourth-order valence-corrected chi connectivity index (χ4v) is 3.38. The smallest absolute Gasteiger partial charge is 0.231 e. The van der Waals surface area contributed by atoms with Gasteiger partial charge < -0.3 is 15.0 Å². The molecule has 2 N–H and O–H groups in total. The lowest BCUT2D eigenvalue weighted by Gasteiger charge is -2.33. The average Bonchev–Trinajstić information content (AvgIpc) is 3.12. The molecule has 2 fully saturated rings. The summed E-state index contributed by atoms with van der Waals surface area (Å²) in [6.07, 6.45) is 3.42. The summed E-state index contributed by atoms with van der Waals surface area (Å²) in [5.74, 6) is 2.05. The van der Waals surface area contributed by atoms with Gasteiger partial charge in [0.15, 0.2) is 0 Å². The van der Waals surface area contributed by atoms with Gasteiger partial charge in [-0.1, -0.05) is 19.0 Å². The number of rotatable bonds is 5. The Balaban J connectivity index is 1.66. The first-order valence-electron chi connectivity index (χ1n) is 8.06. The van der Waals surface area contributed by atoms with Gasteiger partial charge in [0.25, 0.3) is 0 Å². The lowest BCUT2D eigenvalue weighted by Crippen LogP contribution is -2.42. The first kappa shape index (κ1) is 14.9. The number of aromatic nitrogens is 2. The Hall–Kier alpha value is -0.980. The zero-order valence-corrected chi connectivity index (χ0v) is 13.0. The number of hydrogen-bond acceptors (Lipinski definition) is 6. The maximum Gasteiger partial charge on any atom is 0.231 e. The Kier molecular flexibility index (Phi) is 4.57. The van der Waals surface area contributed by atoms with Crippen LogP contribution in [0.1, 0.15) is 56.8 Å². The first-order valence-corrected chi connectivity index (χ1v) is 8.06. The third kappa shape index (κ3) is 3.27. The predicted molar refractivity (Wildman–Crippen MR) is 78.8 cm³/mol. The molecule has 3 rings (SSSR count). The highest BCUT2D eigenvalue weighted by molar-refractivity contribution is 5.00. The van der Waals surface area contributed by atoms with Crippen LogP contribution in [0, 0.1) is 5.92 Å². The number of nitrogens with two attached hydrogens (primary N) is 1. The third-order valence-corrected chi connectivity index (χ3v) is 4.52. The van der Waals surface area contributed by atoms with Crippen LogP contribution in [0.15, 0.2) is 4.52 Å². The van der Waals surface area contributed by atoms with Crippen molar-refractivity contribution in [3.05, 3.63) is 11.7 Å². The third-order valence-electron chi connectivity index (χ3n) is 4.52. The molecule has 3 heterocycles. The van der Waals surface area contributed by atoms with Crippen molar-refractivity contribution in [1.29, 1.82) is 0 Å². The van der Waals surface area contributed by atoms with Gasteiger partial charge >= 0.3 is 0 Å². The van der Waals surface area contributed by atoms with E-state index in [9.17, 15) is 0 Å². The molecule has 21 heavy (non-hydrogen) atoms. The van der Waals surface area contributed by atoms with Crippen molar-refractivity contribution in [3.63, 3.8) is 0 Å². The molecule has 0 amide bonds. The van der Waals surface area contributed by atoms with Crippen molar-refractivity contribution in [3.8, 4) is 0 Å². The van der Waals surface area contributed by atoms with Gasteiger partial charge in [0.05, 0.1) is 12.5 Å². The van der Waals surface area contributed by atoms with Crippen LogP contribution in [-0.4, -0.2) is 47.3 Å². The zero-order chi connectivity index (χ0) is 14.8. The molecule has 0 spiro atoms. The van der Waals surface area contributed by atoms with Crippen LogP contribution in [0.3, 0.4) is 0 Å². The van der Waals surface area contributed by atoms with Crippen molar-refractivity contribution in [2.75, 3.05) is 26.2 Å². The molecule has 0 radical (unpaired) electrons. The van der Waals surface area contributed by atoms with E-state index in [1.807, 2.05) is 0 Å². The van der Waals surface area contributed by atoms with Gasteiger partial charge in [0.1, 0.15) is 6.10 Å². The van der Waals surface area contributed by atoms with E-state index in [2.05, 4.69) is 28.9 Å². The van der Waals surface area contributed by atoms with Crippen molar-refractivity contribution < 1.29 is 9.26 Å². The Morgan fingerprint density at radius 1 is 1.43 bits per heavy atom. The highest BCUT2D eigenvalue weighted by atomic mass is 16.5. The molecule has 6 heteroatoms. The van der Waals surface area contributed by atoms with E-state index < -0.39 is 0 Å². The summed E-state index contributed by atoms with van der Waals surface area (Å²) in [7, 11) is 0. The molecule has 2 aliphatic rings. The van der Waals surface area contributed by atoms with E-state index in [0.717, 1.165) is 26.1 Å². The van der Waals surface area contributed by atoms with E-state index >= 15 is 0 Å². The summed E-state index contributed by atoms with van der Waals surface area (Å²) in [6, 6.07) is 0.588. The van der Waals surface area contributed by atoms with E-state index in [-0.39, 0.29) is 12.0 Å². The van der Waals surface area contributed by atoms with Crippen LogP contribution in [0.5, 0.6) is 0 Å². The molecule has 0 saturated carbocycles. The van der Waals surface area contributed by atoms with Gasteiger partial charge in [-0.25, -0.2) is 0 Å². The Bertz CT molecular complexity index is 462. The Morgan fingerprint density at radius 3 is 3.05 bits per heavy atom. The highest BCUT2D eigenvalue weighted by Crippen LogP contribution is 2.30. The van der Waals surface area contributed by atoms with Gasteiger partial charge in [0.2, 0.25) is 11.7 Å². The van der Waals surface area contributed by atoms with Crippen LogP contribution in [0.4, 0.5) is 0 Å². The minimum atomic E-state index is -0.0608. The lowest BCUT2D eigenvalue weighted by atomic mass is 9.97. The molecule has 2 aliphatic heterocycles. The van der Waals surface area contributed by atoms with Crippen molar-refractivity contribution >= 4 is 0 Å². The number of nitrogens with zero attached hydrogens (tertiary/aromatic N) is 3. The molecule has 0 aliphatic carbocycles. The molecule has 0 bridgehead atoms. The van der Waals surface area contributed by atoms with E-state index in [1.54, 1.807) is 0 Å². The normalized spacial score (nSPS) is 28.0. The summed E-state index contributed by atoms with van der Waals surface area (Å²) >= 11 is 0. The van der Waals surface area contributed by atoms with Crippen LogP contribution < -0.4 is 5.73 Å². The molecular weight excluding hydrogens is 268 g/mol. The topological polar surface area (TPSA) is 77.4 Å². The molecule has 6 nitrogen and oxygen atoms in total. The Morgan fingerprint density at radius 2 is 2.29 bits per heavy atom. The zero-order valence-electron chi connectivity index (χ0n) is 13.0. The van der Waals surface area contributed by atoms with Gasteiger partial charge in [-0.3, -0.25) is 4.90 Å². The van der Waals surface area contributed by atoms with Gasteiger partial charge in [0, 0.05) is 19.1 Å². The minimum Gasteiger partial charge on any atom is -0.367 e. The second kappa shape index (κ2) is 6.42. The number of ether oxygens (including phenoxy) is 1. The number of hydrogen-bond donors (Lipinski definition) is 1. The largest absolute Gasteiger partial charge is 0.367 e. The second-order valence-electron chi connectivity index (χ2n) is 6.67. The standard InChI is InChI=1S/C15H26N4O2/c1-10(2)6-11(7-16)15-17-14(18-21-15)13-8-19-5-3-4-12(19)9-20-13/h10-13H,3-9,16H2,1-2H3. The summed E-state index contributed by atoms with van der Waals surface area (Å²) in [6.45, 7) is 7.71. The molecule has 1 aromatic heterocycles. The van der Waals surface area contributed by atoms with E-state index in [1.165, 1.54) is 12.8 Å². The SMILES string of the molecule is CC(C)CC(CN)c1nc(C2CN3CCCC3CO2)no1. The van der Waals surface area contributed by atoms with Crippen LogP contribution in [0.25, 0.3) is 0 Å². The molecule has 0 aromatic carbocycles. The molecule has 2 saturated heterocycles. The molecule has 118 valence electrons. The molecule has 3 atom stereocenters. The van der Waals surface area contributed by atoms with Gasteiger partial charge in [-0.15, -0.1) is 0 Å². The summed E-state index contributed by atoms with van der Waals surface area (Å²) in [5.41, 5.74) is 5.84. The lowest BCUT2D eigenvalue weighted by molar-refractivity contribution is -0.0548. The fraction of sp³-hybridized carbons (Fsp3) is 0.867. The molecule has 3 unspecified atom stereocenters. The van der Waals surface area contributed by atoms with Crippen LogP contribution in [0.2, 0.25) is 0 Å². The van der Waals surface area contributed by atoms with Gasteiger partial charge in [-0.05, 0) is 31.7 Å². The van der Waals surface area contributed by atoms with Crippen LogP contribution >= 0.6 is 0 Å². The van der Waals surface area contributed by atoms with Crippen molar-refractivity contribution in [1.82, 2.24) is 15.0 Å². The van der Waals surface area contributed by atoms with Crippen molar-refractivity contribution in [2.24, 2.45) is 11.7 Å². The monoisotopic (exact) mass is 294 g/mol. The molecule has 1 aromatic rings. The van der Waals surface area contributed by atoms with E-state index in [4.69, 9.17) is 15.0 Å². The Labute approximate surface area is 126 Å². The van der Waals surface area contributed by atoms with Crippen molar-refractivity contribution in [2.45, 2.75) is 51.2 Å². The number of morpholine rings is 1.